The Hall–Kier alpha value is -2.11. The first-order valence-corrected chi connectivity index (χ1v) is 4.32. The highest BCUT2D eigenvalue weighted by Crippen LogP contribution is 2.17. The van der Waals surface area contributed by atoms with E-state index in [1.165, 1.54) is 13.3 Å². The molecule has 1 atom stereocenters. The number of nitrogens with one attached hydrogen (secondary N) is 2. The average Bonchev–Trinajstić information content (AvgIpc) is 2.58. The van der Waals surface area contributed by atoms with Crippen LogP contribution in [0.1, 0.15) is 11.6 Å². The molecule has 0 saturated carbocycles. The number of hydrogen-bond donors (Lipinski definition) is 2. The number of methoxy groups -OCH3 is 1. The third kappa shape index (κ3) is 1.74. The Morgan fingerprint density at radius 3 is 2.67 bits per heavy atom. The molecule has 0 aromatic carbocycles. The van der Waals surface area contributed by atoms with Gasteiger partial charge in [0.1, 0.15) is 6.04 Å². The van der Waals surface area contributed by atoms with E-state index in [2.05, 4.69) is 15.6 Å². The van der Waals surface area contributed by atoms with Crippen molar-refractivity contribution in [2.45, 2.75) is 6.04 Å². The van der Waals surface area contributed by atoms with Crippen molar-refractivity contribution in [3.63, 3.8) is 0 Å². The Morgan fingerprint density at radius 1 is 1.40 bits per heavy atom. The van der Waals surface area contributed by atoms with Crippen molar-refractivity contribution in [2.24, 2.45) is 0 Å². The second-order valence-corrected chi connectivity index (χ2v) is 3.03. The lowest BCUT2D eigenvalue weighted by molar-refractivity contribution is -0.120. The van der Waals surface area contributed by atoms with Gasteiger partial charge < -0.3 is 10.1 Å². The number of ether oxygens (including phenoxy) is 1. The van der Waals surface area contributed by atoms with Gasteiger partial charge in [0.05, 0.1) is 7.11 Å². The fourth-order valence-corrected chi connectivity index (χ4v) is 1.33. The Balaban J connectivity index is 2.22. The van der Waals surface area contributed by atoms with Crippen molar-refractivity contribution in [2.75, 3.05) is 7.11 Å². The summed E-state index contributed by atoms with van der Waals surface area (Å²) in [6.45, 7) is 0. The van der Waals surface area contributed by atoms with Gasteiger partial charge in [-0.3, -0.25) is 10.1 Å². The number of hydrogen-bond acceptors (Lipinski definition) is 4. The molecule has 1 saturated heterocycles. The van der Waals surface area contributed by atoms with E-state index in [1.54, 1.807) is 12.1 Å². The molecule has 2 heterocycles. The lowest BCUT2D eigenvalue weighted by atomic mass is 10.1. The molecule has 1 fully saturated rings. The van der Waals surface area contributed by atoms with Gasteiger partial charge in [0.25, 0.3) is 5.91 Å². The molecule has 1 aromatic heterocycles. The molecule has 1 unspecified atom stereocenters. The van der Waals surface area contributed by atoms with Crippen LogP contribution in [0.3, 0.4) is 0 Å². The summed E-state index contributed by atoms with van der Waals surface area (Å²) in [5.41, 5.74) is 0.624. The van der Waals surface area contributed by atoms with Crippen LogP contribution in [0.2, 0.25) is 0 Å². The number of nitrogens with zero attached hydrogens (tertiary/aromatic N) is 1. The summed E-state index contributed by atoms with van der Waals surface area (Å²) >= 11 is 0. The maximum Gasteiger partial charge on any atom is 0.322 e. The molecule has 3 amide bonds. The van der Waals surface area contributed by atoms with Gasteiger partial charge >= 0.3 is 6.03 Å². The quantitative estimate of drug-likeness (QED) is 0.667. The van der Waals surface area contributed by atoms with Gasteiger partial charge in [-0.2, -0.15) is 0 Å². The Bertz CT molecular complexity index is 402. The van der Waals surface area contributed by atoms with Crippen LogP contribution in [-0.4, -0.2) is 24.0 Å². The van der Waals surface area contributed by atoms with Gasteiger partial charge in [-0.15, -0.1) is 0 Å². The maximum absolute atomic E-state index is 11.3. The monoisotopic (exact) mass is 207 g/mol. The molecule has 0 bridgehead atoms. The van der Waals surface area contributed by atoms with Crippen molar-refractivity contribution in [3.8, 4) is 5.88 Å². The minimum absolute atomic E-state index is 0.369. The van der Waals surface area contributed by atoms with Gasteiger partial charge in [-0.05, 0) is 6.07 Å². The van der Waals surface area contributed by atoms with E-state index in [-0.39, 0.29) is 5.91 Å². The standard InChI is InChI=1S/C9H9N3O3/c1-15-6-3-2-5(4-10-6)7-8(13)12-9(14)11-7/h2-4,7H,1H3,(H2,11,12,13,14). The van der Waals surface area contributed by atoms with Crippen molar-refractivity contribution in [1.29, 1.82) is 0 Å². The summed E-state index contributed by atoms with van der Waals surface area (Å²) in [5, 5.41) is 4.62. The Morgan fingerprint density at radius 2 is 2.20 bits per heavy atom. The maximum atomic E-state index is 11.3. The van der Waals surface area contributed by atoms with Crippen molar-refractivity contribution in [3.05, 3.63) is 23.9 Å². The van der Waals surface area contributed by atoms with Gasteiger partial charge in [0.15, 0.2) is 0 Å². The highest BCUT2D eigenvalue weighted by Gasteiger charge is 2.30. The van der Waals surface area contributed by atoms with Crippen molar-refractivity contribution >= 4 is 11.9 Å². The van der Waals surface area contributed by atoms with Crippen LogP contribution >= 0.6 is 0 Å². The van der Waals surface area contributed by atoms with Crippen LogP contribution in [-0.2, 0) is 4.79 Å². The van der Waals surface area contributed by atoms with E-state index in [1.807, 2.05) is 0 Å². The van der Waals surface area contributed by atoms with E-state index in [0.29, 0.717) is 11.4 Å². The highest BCUT2D eigenvalue weighted by atomic mass is 16.5. The molecule has 0 radical (unpaired) electrons. The van der Waals surface area contributed by atoms with E-state index >= 15 is 0 Å². The molecule has 1 aliphatic rings. The van der Waals surface area contributed by atoms with E-state index in [4.69, 9.17) is 4.74 Å². The predicted molar refractivity (Wildman–Crippen MR) is 50.2 cm³/mol. The number of pyridine rings is 1. The lowest BCUT2D eigenvalue weighted by Crippen LogP contribution is -2.22. The summed E-state index contributed by atoms with van der Waals surface area (Å²) < 4.78 is 4.88. The summed E-state index contributed by atoms with van der Waals surface area (Å²) in [5.74, 6) is 0.0930. The second-order valence-electron chi connectivity index (χ2n) is 3.03. The second kappa shape index (κ2) is 3.56. The number of amides is 3. The van der Waals surface area contributed by atoms with Crippen LogP contribution in [0, 0.1) is 0 Å². The zero-order valence-corrected chi connectivity index (χ0v) is 7.98. The number of carbonyl (C=O) groups is 2. The number of urea groups is 1. The van der Waals surface area contributed by atoms with Gasteiger partial charge in [-0.25, -0.2) is 9.78 Å². The van der Waals surface area contributed by atoms with Crippen LogP contribution in [0.5, 0.6) is 5.88 Å². The van der Waals surface area contributed by atoms with Crippen molar-refractivity contribution < 1.29 is 14.3 Å². The fraction of sp³-hybridized carbons (Fsp3) is 0.222. The molecule has 78 valence electrons. The smallest absolute Gasteiger partial charge is 0.322 e. The first-order chi connectivity index (χ1) is 7.20. The zero-order valence-electron chi connectivity index (χ0n) is 7.98. The molecule has 0 spiro atoms. The molecule has 6 nitrogen and oxygen atoms in total. The molecule has 2 rings (SSSR count). The normalized spacial score (nSPS) is 19.7. The summed E-state index contributed by atoms with van der Waals surface area (Å²) in [6, 6.07) is 2.17. The Labute approximate surface area is 85.6 Å². The van der Waals surface area contributed by atoms with Crippen LogP contribution in [0.15, 0.2) is 18.3 Å². The Kier molecular flexibility index (Phi) is 2.24. The van der Waals surface area contributed by atoms with E-state index < -0.39 is 12.1 Å². The van der Waals surface area contributed by atoms with Gasteiger partial charge in [0, 0.05) is 17.8 Å². The molecule has 6 heteroatoms. The first-order valence-electron chi connectivity index (χ1n) is 4.32. The first kappa shape index (κ1) is 9.45. The number of aromatic nitrogens is 1. The topological polar surface area (TPSA) is 80.3 Å². The SMILES string of the molecule is COc1ccc(C2NC(=O)NC2=O)cn1. The molecule has 2 N–H and O–H groups in total. The molecule has 15 heavy (non-hydrogen) atoms. The molecule has 1 aliphatic heterocycles. The fourth-order valence-electron chi connectivity index (χ4n) is 1.33. The number of imide groups is 1. The highest BCUT2D eigenvalue weighted by molar-refractivity contribution is 6.04. The molecular weight excluding hydrogens is 198 g/mol. The molecule has 0 aliphatic carbocycles. The van der Waals surface area contributed by atoms with E-state index in [0.717, 1.165) is 0 Å². The number of rotatable bonds is 2. The number of carbonyl (C=O) groups excluding carboxylic acids is 2. The van der Waals surface area contributed by atoms with Crippen LogP contribution in [0.4, 0.5) is 4.79 Å². The summed E-state index contributed by atoms with van der Waals surface area (Å²) in [4.78, 5) is 26.1. The summed E-state index contributed by atoms with van der Waals surface area (Å²) in [6.07, 6.45) is 1.49. The third-order valence-corrected chi connectivity index (χ3v) is 2.08. The summed E-state index contributed by atoms with van der Waals surface area (Å²) in [7, 11) is 1.51. The predicted octanol–water partition coefficient (Wildman–Crippen LogP) is -0.0293. The van der Waals surface area contributed by atoms with Crippen molar-refractivity contribution in [1.82, 2.24) is 15.6 Å². The molecular formula is C9H9N3O3. The average molecular weight is 207 g/mol. The molecule has 1 aromatic rings. The van der Waals surface area contributed by atoms with Gasteiger partial charge in [-0.1, -0.05) is 0 Å². The van der Waals surface area contributed by atoms with Gasteiger partial charge in [0.2, 0.25) is 5.88 Å². The van der Waals surface area contributed by atoms with E-state index in [9.17, 15) is 9.59 Å². The minimum Gasteiger partial charge on any atom is -0.481 e. The minimum atomic E-state index is -0.657. The lowest BCUT2D eigenvalue weighted by Gasteiger charge is -2.06. The largest absolute Gasteiger partial charge is 0.481 e. The zero-order chi connectivity index (χ0) is 10.8. The van der Waals surface area contributed by atoms with Crippen LogP contribution < -0.4 is 15.4 Å². The third-order valence-electron chi connectivity index (χ3n) is 2.08. The van der Waals surface area contributed by atoms with Crippen LogP contribution in [0.25, 0.3) is 0 Å².